The van der Waals surface area contributed by atoms with Gasteiger partial charge in [-0.05, 0) is 12.8 Å². The van der Waals surface area contributed by atoms with E-state index < -0.39 is 5.82 Å². The standard InChI is InChI=1S/C15H20ClFN2O2/c1-9(8-20-3)7-19-13-6-14(21-4)11(17)5-12(13)18-15(19)10(2)16/h5-6,9-10H,7-8H2,1-4H3. The van der Waals surface area contributed by atoms with E-state index in [1.165, 1.54) is 13.2 Å². The van der Waals surface area contributed by atoms with Crippen molar-refractivity contribution in [3.8, 4) is 5.75 Å². The number of halogens is 2. The molecule has 0 radical (unpaired) electrons. The molecule has 2 aromatic rings. The topological polar surface area (TPSA) is 36.3 Å². The van der Waals surface area contributed by atoms with E-state index in [0.717, 1.165) is 11.3 Å². The first kappa shape index (κ1) is 16.0. The minimum absolute atomic E-state index is 0.205. The Labute approximate surface area is 128 Å². The molecular formula is C15H20ClFN2O2. The Morgan fingerprint density at radius 2 is 2.05 bits per heavy atom. The molecule has 0 bridgehead atoms. The van der Waals surface area contributed by atoms with E-state index in [4.69, 9.17) is 21.1 Å². The van der Waals surface area contributed by atoms with Crippen LogP contribution in [0.15, 0.2) is 12.1 Å². The third kappa shape index (κ3) is 3.30. The molecule has 0 aliphatic heterocycles. The first-order valence-electron chi connectivity index (χ1n) is 6.84. The Kier molecular flexibility index (Phi) is 5.06. The van der Waals surface area contributed by atoms with Gasteiger partial charge in [0.05, 0.1) is 30.1 Å². The molecule has 21 heavy (non-hydrogen) atoms. The second-order valence-corrected chi connectivity index (χ2v) is 5.89. The maximum atomic E-state index is 13.8. The number of nitrogens with zero attached hydrogens (tertiary/aromatic N) is 2. The Morgan fingerprint density at radius 1 is 1.33 bits per heavy atom. The minimum Gasteiger partial charge on any atom is -0.494 e. The van der Waals surface area contributed by atoms with E-state index in [-0.39, 0.29) is 17.0 Å². The lowest BCUT2D eigenvalue weighted by molar-refractivity contribution is 0.151. The van der Waals surface area contributed by atoms with Crippen LogP contribution < -0.4 is 4.74 Å². The lowest BCUT2D eigenvalue weighted by Gasteiger charge is -2.15. The number of rotatable bonds is 6. The molecule has 2 atom stereocenters. The highest BCUT2D eigenvalue weighted by Gasteiger charge is 2.19. The predicted molar refractivity (Wildman–Crippen MR) is 81.6 cm³/mol. The van der Waals surface area contributed by atoms with Crippen LogP contribution >= 0.6 is 11.6 Å². The Hall–Kier alpha value is -1.33. The number of alkyl halides is 1. The number of hydrogen-bond acceptors (Lipinski definition) is 3. The second-order valence-electron chi connectivity index (χ2n) is 5.23. The molecule has 0 saturated heterocycles. The first-order chi connectivity index (χ1) is 9.97. The van der Waals surface area contributed by atoms with Crippen molar-refractivity contribution in [3.63, 3.8) is 0 Å². The number of ether oxygens (including phenoxy) is 2. The van der Waals surface area contributed by atoms with Gasteiger partial charge in [-0.1, -0.05) is 6.92 Å². The summed E-state index contributed by atoms with van der Waals surface area (Å²) >= 11 is 6.21. The molecule has 0 aliphatic rings. The fraction of sp³-hybridized carbons (Fsp3) is 0.533. The van der Waals surface area contributed by atoms with Crippen LogP contribution in [0.25, 0.3) is 11.0 Å². The maximum Gasteiger partial charge on any atom is 0.167 e. The van der Waals surface area contributed by atoms with E-state index in [1.807, 2.05) is 11.5 Å². The number of aromatic nitrogens is 2. The number of benzene rings is 1. The fourth-order valence-electron chi connectivity index (χ4n) is 2.45. The quantitative estimate of drug-likeness (QED) is 0.762. The van der Waals surface area contributed by atoms with Crippen molar-refractivity contribution in [2.75, 3.05) is 20.8 Å². The van der Waals surface area contributed by atoms with Crippen molar-refractivity contribution in [3.05, 3.63) is 23.8 Å². The van der Waals surface area contributed by atoms with Crippen LogP contribution in [-0.2, 0) is 11.3 Å². The Morgan fingerprint density at radius 3 is 2.62 bits per heavy atom. The molecule has 0 spiro atoms. The molecule has 0 saturated carbocycles. The zero-order valence-electron chi connectivity index (χ0n) is 12.7. The third-order valence-corrected chi connectivity index (χ3v) is 3.55. The largest absolute Gasteiger partial charge is 0.494 e. The molecule has 6 heteroatoms. The van der Waals surface area contributed by atoms with E-state index in [2.05, 4.69) is 11.9 Å². The highest BCUT2D eigenvalue weighted by molar-refractivity contribution is 6.20. The molecule has 0 aliphatic carbocycles. The van der Waals surface area contributed by atoms with Gasteiger partial charge in [-0.15, -0.1) is 11.6 Å². The number of imidazole rings is 1. The maximum absolute atomic E-state index is 13.8. The van der Waals surface area contributed by atoms with Crippen LogP contribution in [0.2, 0.25) is 0 Å². The van der Waals surface area contributed by atoms with Gasteiger partial charge in [-0.2, -0.15) is 0 Å². The second kappa shape index (κ2) is 6.62. The van der Waals surface area contributed by atoms with Crippen LogP contribution in [-0.4, -0.2) is 30.4 Å². The molecule has 4 nitrogen and oxygen atoms in total. The Bertz CT molecular complexity index is 628. The Balaban J connectivity index is 2.55. The summed E-state index contributed by atoms with van der Waals surface area (Å²) in [6.07, 6.45) is 0. The molecule has 1 aromatic carbocycles. The van der Waals surface area contributed by atoms with Gasteiger partial charge >= 0.3 is 0 Å². The summed E-state index contributed by atoms with van der Waals surface area (Å²) in [7, 11) is 3.12. The average molecular weight is 315 g/mol. The SMILES string of the molecule is COCC(C)Cn1c(C(C)Cl)nc2cc(F)c(OC)cc21. The van der Waals surface area contributed by atoms with Gasteiger partial charge in [-0.25, -0.2) is 9.37 Å². The molecule has 1 aromatic heterocycles. The molecule has 0 fully saturated rings. The van der Waals surface area contributed by atoms with E-state index in [9.17, 15) is 4.39 Å². The summed E-state index contributed by atoms with van der Waals surface area (Å²) in [6, 6.07) is 3.05. The summed E-state index contributed by atoms with van der Waals surface area (Å²) in [5.74, 6) is 0.796. The number of methoxy groups -OCH3 is 2. The monoisotopic (exact) mass is 314 g/mol. The molecule has 0 N–H and O–H groups in total. The fourth-order valence-corrected chi connectivity index (χ4v) is 2.61. The van der Waals surface area contributed by atoms with Crippen molar-refractivity contribution >= 4 is 22.6 Å². The van der Waals surface area contributed by atoms with Gasteiger partial charge in [-0.3, -0.25) is 0 Å². The molecule has 2 unspecified atom stereocenters. The highest BCUT2D eigenvalue weighted by atomic mass is 35.5. The average Bonchev–Trinajstić information content (AvgIpc) is 2.76. The van der Waals surface area contributed by atoms with Crippen LogP contribution in [0.3, 0.4) is 0 Å². The van der Waals surface area contributed by atoms with Crippen LogP contribution in [0.4, 0.5) is 4.39 Å². The van der Waals surface area contributed by atoms with Gasteiger partial charge in [0.1, 0.15) is 5.82 Å². The summed E-state index contributed by atoms with van der Waals surface area (Å²) < 4.78 is 26.1. The molecule has 1 heterocycles. The van der Waals surface area contributed by atoms with Gasteiger partial charge in [0.2, 0.25) is 0 Å². The van der Waals surface area contributed by atoms with Crippen molar-refractivity contribution in [2.24, 2.45) is 5.92 Å². The normalized spacial score (nSPS) is 14.4. The van der Waals surface area contributed by atoms with Crippen LogP contribution in [0, 0.1) is 11.7 Å². The predicted octanol–water partition coefficient (Wildman–Crippen LogP) is 3.77. The van der Waals surface area contributed by atoms with Crippen LogP contribution in [0.1, 0.15) is 25.0 Å². The van der Waals surface area contributed by atoms with Crippen LogP contribution in [0.5, 0.6) is 5.75 Å². The summed E-state index contributed by atoms with van der Waals surface area (Å²) in [6.45, 7) is 5.27. The van der Waals surface area contributed by atoms with E-state index >= 15 is 0 Å². The zero-order chi connectivity index (χ0) is 15.6. The third-order valence-electron chi connectivity index (χ3n) is 3.35. The zero-order valence-corrected chi connectivity index (χ0v) is 13.4. The van der Waals surface area contributed by atoms with Crippen molar-refractivity contribution in [1.82, 2.24) is 9.55 Å². The van der Waals surface area contributed by atoms with Crippen molar-refractivity contribution < 1.29 is 13.9 Å². The number of fused-ring (bicyclic) bond motifs is 1. The van der Waals surface area contributed by atoms with E-state index in [1.54, 1.807) is 13.2 Å². The molecule has 2 rings (SSSR count). The lowest BCUT2D eigenvalue weighted by atomic mass is 10.2. The van der Waals surface area contributed by atoms with Gasteiger partial charge in [0, 0.05) is 25.8 Å². The van der Waals surface area contributed by atoms with Crippen molar-refractivity contribution in [2.45, 2.75) is 25.8 Å². The summed E-state index contributed by atoms with van der Waals surface area (Å²) in [5.41, 5.74) is 1.40. The van der Waals surface area contributed by atoms with Gasteiger partial charge < -0.3 is 14.0 Å². The molecule has 0 amide bonds. The molecule has 116 valence electrons. The highest BCUT2D eigenvalue weighted by Crippen LogP contribution is 2.30. The minimum atomic E-state index is -0.423. The van der Waals surface area contributed by atoms with Gasteiger partial charge in [0.25, 0.3) is 0 Å². The smallest absolute Gasteiger partial charge is 0.167 e. The van der Waals surface area contributed by atoms with E-state index in [0.29, 0.717) is 18.7 Å². The summed E-state index contributed by atoms with van der Waals surface area (Å²) in [5, 5.41) is -0.263. The number of hydrogen-bond donors (Lipinski definition) is 0. The lowest BCUT2D eigenvalue weighted by Crippen LogP contribution is -2.15. The molecular weight excluding hydrogens is 295 g/mol. The summed E-state index contributed by atoms with van der Waals surface area (Å²) in [4.78, 5) is 4.46. The van der Waals surface area contributed by atoms with Gasteiger partial charge in [0.15, 0.2) is 11.6 Å². The first-order valence-corrected chi connectivity index (χ1v) is 7.28. The van der Waals surface area contributed by atoms with Crippen molar-refractivity contribution in [1.29, 1.82) is 0 Å².